The molecule has 1 aliphatic carbocycles. The predicted molar refractivity (Wildman–Crippen MR) is 127 cm³/mol. The third kappa shape index (κ3) is 4.17. The van der Waals surface area contributed by atoms with Gasteiger partial charge in [0.25, 0.3) is 11.6 Å². The molecule has 10 heteroatoms. The summed E-state index contributed by atoms with van der Waals surface area (Å²) < 4.78 is 1.68. The zero-order valence-corrected chi connectivity index (χ0v) is 18.6. The number of rotatable bonds is 8. The third-order valence-corrected chi connectivity index (χ3v) is 5.77. The molecule has 1 fully saturated rings. The van der Waals surface area contributed by atoms with Gasteiger partial charge < -0.3 is 10.6 Å². The topological polar surface area (TPSA) is 128 Å². The second kappa shape index (κ2) is 8.89. The number of nitro groups is 1. The van der Waals surface area contributed by atoms with Crippen LogP contribution in [-0.4, -0.2) is 43.7 Å². The Hall–Kier alpha value is -4.34. The number of hydrogen-bond acceptors (Lipinski definition) is 7. The molecule has 5 rings (SSSR count). The maximum atomic E-state index is 13.2. The third-order valence-electron chi connectivity index (χ3n) is 5.77. The van der Waals surface area contributed by atoms with Crippen molar-refractivity contribution in [2.24, 2.45) is 0 Å². The van der Waals surface area contributed by atoms with Crippen LogP contribution in [0.25, 0.3) is 16.9 Å². The van der Waals surface area contributed by atoms with Gasteiger partial charge in [-0.15, -0.1) is 0 Å². The van der Waals surface area contributed by atoms with Crippen molar-refractivity contribution in [3.05, 3.63) is 81.8 Å². The number of pyridine rings is 2. The van der Waals surface area contributed by atoms with Crippen molar-refractivity contribution in [3.8, 4) is 5.82 Å². The van der Waals surface area contributed by atoms with Gasteiger partial charge in [0.05, 0.1) is 21.6 Å². The summed E-state index contributed by atoms with van der Waals surface area (Å²) in [5.41, 5.74) is 3.13. The molecule has 3 heterocycles. The number of anilines is 1. The number of aromatic nitrogens is 4. The van der Waals surface area contributed by atoms with E-state index in [1.165, 1.54) is 6.07 Å². The number of para-hydroxylation sites is 2. The van der Waals surface area contributed by atoms with E-state index in [2.05, 4.69) is 20.7 Å². The molecule has 4 aromatic rings. The molecule has 1 saturated carbocycles. The molecule has 0 aliphatic heterocycles. The van der Waals surface area contributed by atoms with E-state index >= 15 is 0 Å². The molecule has 0 radical (unpaired) electrons. The Bertz CT molecular complexity index is 1380. The summed E-state index contributed by atoms with van der Waals surface area (Å²) in [5, 5.41) is 22.4. The van der Waals surface area contributed by atoms with Gasteiger partial charge in [0, 0.05) is 37.0 Å². The molecule has 0 atom stereocenters. The minimum atomic E-state index is -0.434. The van der Waals surface area contributed by atoms with Crippen molar-refractivity contribution in [2.45, 2.75) is 25.7 Å². The highest BCUT2D eigenvalue weighted by molar-refractivity contribution is 6.06. The van der Waals surface area contributed by atoms with E-state index in [1.807, 2.05) is 31.2 Å². The van der Waals surface area contributed by atoms with E-state index < -0.39 is 4.92 Å². The maximum Gasteiger partial charge on any atom is 0.292 e. The number of amides is 1. The SMILES string of the molecule is Cc1nn(-c2ccccn2)c2nc(C3CC3)cc(C(=O)NCCNc3ccccc3[N+](=O)[O-])c12. The van der Waals surface area contributed by atoms with Crippen molar-refractivity contribution < 1.29 is 9.72 Å². The molecule has 1 aliphatic rings. The van der Waals surface area contributed by atoms with Crippen LogP contribution in [0.1, 0.15) is 40.5 Å². The van der Waals surface area contributed by atoms with Gasteiger partial charge in [-0.2, -0.15) is 9.78 Å². The molecule has 0 unspecified atom stereocenters. The number of nitrogens with zero attached hydrogens (tertiary/aromatic N) is 5. The lowest BCUT2D eigenvalue weighted by Gasteiger charge is -2.11. The van der Waals surface area contributed by atoms with Crippen LogP contribution in [0.15, 0.2) is 54.7 Å². The number of fused-ring (bicyclic) bond motifs is 1. The number of carbonyl (C=O) groups excluding carboxylic acids is 1. The Balaban J connectivity index is 1.39. The highest BCUT2D eigenvalue weighted by Crippen LogP contribution is 2.40. The number of nitro benzene ring substituents is 1. The van der Waals surface area contributed by atoms with Gasteiger partial charge in [-0.1, -0.05) is 18.2 Å². The smallest absolute Gasteiger partial charge is 0.292 e. The van der Waals surface area contributed by atoms with Crippen LogP contribution in [0.4, 0.5) is 11.4 Å². The van der Waals surface area contributed by atoms with Gasteiger partial charge in [0.2, 0.25) is 0 Å². The van der Waals surface area contributed by atoms with Crippen LogP contribution in [0, 0.1) is 17.0 Å². The average molecular weight is 457 g/mol. The van der Waals surface area contributed by atoms with Crippen molar-refractivity contribution in [1.29, 1.82) is 0 Å². The largest absolute Gasteiger partial charge is 0.378 e. The molecule has 1 amide bonds. The molecule has 2 N–H and O–H groups in total. The van der Waals surface area contributed by atoms with Gasteiger partial charge in [-0.3, -0.25) is 14.9 Å². The fourth-order valence-corrected chi connectivity index (χ4v) is 3.97. The number of aryl methyl sites for hydroxylation is 1. The molecule has 3 aromatic heterocycles. The first-order valence-electron chi connectivity index (χ1n) is 11.1. The van der Waals surface area contributed by atoms with Crippen LogP contribution in [0.3, 0.4) is 0 Å². The van der Waals surface area contributed by atoms with E-state index in [4.69, 9.17) is 4.98 Å². The highest BCUT2D eigenvalue weighted by atomic mass is 16.6. The first-order valence-corrected chi connectivity index (χ1v) is 11.1. The normalized spacial score (nSPS) is 13.1. The van der Waals surface area contributed by atoms with E-state index in [-0.39, 0.29) is 11.6 Å². The molecule has 172 valence electrons. The summed E-state index contributed by atoms with van der Waals surface area (Å²) in [7, 11) is 0. The van der Waals surface area contributed by atoms with Crippen molar-refractivity contribution in [3.63, 3.8) is 0 Å². The van der Waals surface area contributed by atoms with E-state index in [9.17, 15) is 14.9 Å². The molecule has 1 aromatic carbocycles. The predicted octanol–water partition coefficient (Wildman–Crippen LogP) is 3.75. The second-order valence-electron chi connectivity index (χ2n) is 8.21. The number of benzene rings is 1. The number of carbonyl (C=O) groups is 1. The van der Waals surface area contributed by atoms with E-state index in [1.54, 1.807) is 29.1 Å². The second-order valence-corrected chi connectivity index (χ2v) is 8.21. The lowest BCUT2D eigenvalue weighted by atomic mass is 10.1. The van der Waals surface area contributed by atoms with Gasteiger partial charge in [-0.25, -0.2) is 9.97 Å². The fourth-order valence-electron chi connectivity index (χ4n) is 3.97. The summed E-state index contributed by atoms with van der Waals surface area (Å²) in [6.45, 7) is 2.49. The minimum absolute atomic E-state index is 0.00342. The van der Waals surface area contributed by atoms with Crippen LogP contribution < -0.4 is 10.6 Å². The summed E-state index contributed by atoms with van der Waals surface area (Å²) >= 11 is 0. The zero-order chi connectivity index (χ0) is 23.7. The summed E-state index contributed by atoms with van der Waals surface area (Å²) in [4.78, 5) is 33.2. The lowest BCUT2D eigenvalue weighted by Crippen LogP contribution is -2.29. The first kappa shape index (κ1) is 21.5. The lowest BCUT2D eigenvalue weighted by molar-refractivity contribution is -0.384. The van der Waals surface area contributed by atoms with Crippen molar-refractivity contribution in [2.75, 3.05) is 18.4 Å². The summed E-state index contributed by atoms with van der Waals surface area (Å²) in [6.07, 6.45) is 3.80. The van der Waals surface area contributed by atoms with E-state index in [0.717, 1.165) is 18.5 Å². The molecule has 0 bridgehead atoms. The fraction of sp³-hybridized carbons (Fsp3) is 0.250. The quantitative estimate of drug-likeness (QED) is 0.234. The molecule has 10 nitrogen and oxygen atoms in total. The Morgan fingerprint density at radius 3 is 2.71 bits per heavy atom. The number of hydrogen-bond donors (Lipinski definition) is 2. The Labute approximate surface area is 195 Å². The Morgan fingerprint density at radius 1 is 1.18 bits per heavy atom. The standard InChI is InChI=1S/C24H23N7O3/c1-15-22-17(24(32)27-13-12-25-18-6-2-3-7-20(18)31(33)34)14-19(16-9-10-16)28-23(22)30(29-15)21-8-4-5-11-26-21/h2-8,11,14,16,25H,9-10,12-13H2,1H3,(H,27,32). The Morgan fingerprint density at radius 2 is 1.97 bits per heavy atom. The molecule has 0 spiro atoms. The molecular weight excluding hydrogens is 434 g/mol. The van der Waals surface area contributed by atoms with Crippen molar-refractivity contribution in [1.82, 2.24) is 25.1 Å². The van der Waals surface area contributed by atoms with Crippen LogP contribution >= 0.6 is 0 Å². The van der Waals surface area contributed by atoms with Crippen LogP contribution in [0.5, 0.6) is 0 Å². The minimum Gasteiger partial charge on any atom is -0.378 e. The Kier molecular flexibility index (Phi) is 5.62. The monoisotopic (exact) mass is 457 g/mol. The zero-order valence-electron chi connectivity index (χ0n) is 18.6. The summed E-state index contributed by atoms with van der Waals surface area (Å²) in [6, 6.07) is 13.9. The molecule has 34 heavy (non-hydrogen) atoms. The van der Waals surface area contributed by atoms with Crippen LogP contribution in [-0.2, 0) is 0 Å². The summed E-state index contributed by atoms with van der Waals surface area (Å²) in [5.74, 6) is 0.757. The maximum absolute atomic E-state index is 13.2. The van der Waals surface area contributed by atoms with Gasteiger partial charge in [0.1, 0.15) is 5.69 Å². The van der Waals surface area contributed by atoms with Crippen molar-refractivity contribution >= 4 is 28.3 Å². The van der Waals surface area contributed by atoms with Gasteiger partial charge in [-0.05, 0) is 44.0 Å². The molecule has 0 saturated heterocycles. The highest BCUT2D eigenvalue weighted by Gasteiger charge is 2.29. The molecular formula is C24H23N7O3. The van der Waals surface area contributed by atoms with Crippen LogP contribution in [0.2, 0.25) is 0 Å². The first-order chi connectivity index (χ1) is 16.5. The van der Waals surface area contributed by atoms with Gasteiger partial charge >= 0.3 is 0 Å². The van der Waals surface area contributed by atoms with Gasteiger partial charge in [0.15, 0.2) is 11.5 Å². The average Bonchev–Trinajstić information content (AvgIpc) is 3.65. The number of nitrogens with one attached hydrogen (secondary N) is 2. The van der Waals surface area contributed by atoms with E-state index in [0.29, 0.717) is 52.8 Å².